The summed E-state index contributed by atoms with van der Waals surface area (Å²) < 4.78 is 16.6. The van der Waals surface area contributed by atoms with Gasteiger partial charge in [-0.1, -0.05) is 6.07 Å². The third-order valence-corrected chi connectivity index (χ3v) is 5.56. The highest BCUT2D eigenvalue weighted by Gasteiger charge is 2.11. The lowest BCUT2D eigenvalue weighted by Crippen LogP contribution is -2.02. The van der Waals surface area contributed by atoms with Gasteiger partial charge in [-0.05, 0) is 36.8 Å². The van der Waals surface area contributed by atoms with E-state index in [1.165, 1.54) is 36.3 Å². The zero-order valence-electron chi connectivity index (χ0n) is 16.6. The van der Waals surface area contributed by atoms with E-state index in [0.717, 1.165) is 32.9 Å². The van der Waals surface area contributed by atoms with E-state index in [9.17, 15) is 14.5 Å². The molecule has 0 aliphatic rings. The highest BCUT2D eigenvalue weighted by atomic mass is 32.2. The molecule has 0 saturated carbocycles. The van der Waals surface area contributed by atoms with Gasteiger partial charge in [-0.2, -0.15) is 9.49 Å². The second kappa shape index (κ2) is 8.52. The van der Waals surface area contributed by atoms with E-state index in [4.69, 9.17) is 0 Å². The van der Waals surface area contributed by atoms with Crippen LogP contribution in [0.1, 0.15) is 11.3 Å². The number of aromatic nitrogens is 3. The Morgan fingerprint density at radius 2 is 1.97 bits per heavy atom. The number of nitro groups is 1. The van der Waals surface area contributed by atoms with E-state index in [-0.39, 0.29) is 5.69 Å². The Kier molecular flexibility index (Phi) is 5.63. The van der Waals surface area contributed by atoms with Crippen LogP contribution in [-0.2, 0) is 0 Å². The minimum absolute atomic E-state index is 0.0371. The molecule has 0 radical (unpaired) electrons. The van der Waals surface area contributed by atoms with Gasteiger partial charge in [-0.3, -0.25) is 14.5 Å². The standard InChI is InChI=1S/C21H17FN6O2S/c1-14-3-6-17(28(29)30)9-19(14)31-26(2)25-12-18-11-24-21-8-5-16(13-27(18)21)15-4-7-20(22)23-10-15/h3-13H,1-2H3/b25-12+. The van der Waals surface area contributed by atoms with Gasteiger partial charge in [0.05, 0.1) is 23.0 Å². The molecule has 10 heteroatoms. The van der Waals surface area contributed by atoms with Gasteiger partial charge in [0.25, 0.3) is 5.69 Å². The fraction of sp³-hybridized carbons (Fsp3) is 0.0952. The van der Waals surface area contributed by atoms with E-state index in [2.05, 4.69) is 15.1 Å². The number of hydrazone groups is 1. The van der Waals surface area contributed by atoms with Crippen LogP contribution < -0.4 is 0 Å². The molecule has 3 aromatic heterocycles. The smallest absolute Gasteiger partial charge is 0.270 e. The number of nitrogens with zero attached hydrogens (tertiary/aromatic N) is 6. The zero-order valence-corrected chi connectivity index (χ0v) is 17.5. The topological polar surface area (TPSA) is 88.9 Å². The molecule has 3 heterocycles. The van der Waals surface area contributed by atoms with Crippen LogP contribution in [0.4, 0.5) is 10.1 Å². The van der Waals surface area contributed by atoms with Crippen LogP contribution in [-0.4, -0.2) is 37.0 Å². The summed E-state index contributed by atoms with van der Waals surface area (Å²) in [6, 6.07) is 11.5. The second-order valence-electron chi connectivity index (χ2n) is 6.71. The molecule has 0 bridgehead atoms. The van der Waals surface area contributed by atoms with Crippen molar-refractivity contribution in [3.8, 4) is 11.1 Å². The van der Waals surface area contributed by atoms with Crippen LogP contribution in [0.3, 0.4) is 0 Å². The number of rotatable bonds is 6. The molecule has 31 heavy (non-hydrogen) atoms. The van der Waals surface area contributed by atoms with Crippen molar-refractivity contribution in [3.05, 3.63) is 88.4 Å². The third kappa shape index (κ3) is 4.53. The van der Waals surface area contributed by atoms with Crippen molar-refractivity contribution in [1.82, 2.24) is 18.8 Å². The summed E-state index contributed by atoms with van der Waals surface area (Å²) in [4.78, 5) is 19.4. The maximum Gasteiger partial charge on any atom is 0.270 e. The molecule has 0 atom stereocenters. The van der Waals surface area contributed by atoms with Crippen molar-refractivity contribution in [2.75, 3.05) is 7.05 Å². The number of halogens is 1. The Balaban J connectivity index is 1.56. The number of hydrogen-bond donors (Lipinski definition) is 0. The Hall–Kier alpha value is -3.79. The number of hydrogen-bond acceptors (Lipinski definition) is 7. The average Bonchev–Trinajstić information content (AvgIpc) is 3.16. The number of aryl methyl sites for hydroxylation is 1. The lowest BCUT2D eigenvalue weighted by atomic mass is 10.1. The van der Waals surface area contributed by atoms with Crippen molar-refractivity contribution in [2.45, 2.75) is 11.8 Å². The quantitative estimate of drug-likeness (QED) is 0.143. The largest absolute Gasteiger partial charge is 0.298 e. The lowest BCUT2D eigenvalue weighted by Gasteiger charge is -2.12. The maximum absolute atomic E-state index is 13.1. The van der Waals surface area contributed by atoms with E-state index < -0.39 is 10.9 Å². The van der Waals surface area contributed by atoms with Gasteiger partial charge in [-0.15, -0.1) is 0 Å². The summed E-state index contributed by atoms with van der Waals surface area (Å²) in [6.45, 7) is 1.89. The molecule has 1 aromatic carbocycles. The molecule has 0 N–H and O–H groups in total. The minimum Gasteiger partial charge on any atom is -0.298 e. The number of benzene rings is 1. The lowest BCUT2D eigenvalue weighted by molar-refractivity contribution is -0.385. The zero-order chi connectivity index (χ0) is 22.0. The average molecular weight is 436 g/mol. The van der Waals surface area contributed by atoms with Crippen LogP contribution >= 0.6 is 11.9 Å². The number of nitro benzene ring substituents is 1. The summed E-state index contributed by atoms with van der Waals surface area (Å²) >= 11 is 1.29. The van der Waals surface area contributed by atoms with Gasteiger partial charge in [0, 0.05) is 59.5 Å². The Labute approximate surface area is 181 Å². The molecule has 0 aliphatic heterocycles. The molecular weight excluding hydrogens is 419 g/mol. The van der Waals surface area contributed by atoms with Crippen LogP contribution in [0.15, 0.2) is 71.1 Å². The highest BCUT2D eigenvalue weighted by molar-refractivity contribution is 7.97. The molecule has 0 fully saturated rings. The summed E-state index contributed by atoms with van der Waals surface area (Å²) in [7, 11) is 1.76. The third-order valence-electron chi connectivity index (χ3n) is 4.56. The first-order chi connectivity index (χ1) is 14.9. The number of imidazole rings is 1. The molecule has 0 aliphatic carbocycles. The number of fused-ring (bicyclic) bond motifs is 1. The Morgan fingerprint density at radius 1 is 1.16 bits per heavy atom. The molecular formula is C21H17FN6O2S. The van der Waals surface area contributed by atoms with Gasteiger partial charge in [0.2, 0.25) is 5.95 Å². The summed E-state index contributed by atoms with van der Waals surface area (Å²) in [5.74, 6) is -0.528. The van der Waals surface area contributed by atoms with Crippen LogP contribution in [0.25, 0.3) is 16.8 Å². The molecule has 0 unspecified atom stereocenters. The molecule has 0 saturated heterocycles. The van der Waals surface area contributed by atoms with Crippen LogP contribution in [0, 0.1) is 23.0 Å². The Bertz CT molecular complexity index is 1290. The van der Waals surface area contributed by atoms with Gasteiger partial charge < -0.3 is 0 Å². The first-order valence-electron chi connectivity index (χ1n) is 9.20. The molecule has 0 spiro atoms. The minimum atomic E-state index is -0.528. The van der Waals surface area contributed by atoms with Crippen molar-refractivity contribution in [2.24, 2.45) is 5.10 Å². The molecule has 156 valence electrons. The van der Waals surface area contributed by atoms with Crippen LogP contribution in [0.2, 0.25) is 0 Å². The normalized spacial score (nSPS) is 11.3. The van der Waals surface area contributed by atoms with Gasteiger partial charge >= 0.3 is 0 Å². The second-order valence-corrected chi connectivity index (χ2v) is 7.86. The predicted octanol–water partition coefficient (Wildman–Crippen LogP) is 4.73. The van der Waals surface area contributed by atoms with Gasteiger partial charge in [0.1, 0.15) is 5.65 Å². The van der Waals surface area contributed by atoms with E-state index >= 15 is 0 Å². The van der Waals surface area contributed by atoms with E-state index in [1.54, 1.807) is 36.0 Å². The molecule has 0 amide bonds. The van der Waals surface area contributed by atoms with E-state index in [0.29, 0.717) is 0 Å². The molecule has 8 nitrogen and oxygen atoms in total. The monoisotopic (exact) mass is 436 g/mol. The fourth-order valence-electron chi connectivity index (χ4n) is 2.92. The first kappa shape index (κ1) is 20.5. The molecule has 4 aromatic rings. The van der Waals surface area contributed by atoms with Crippen LogP contribution in [0.5, 0.6) is 0 Å². The SMILES string of the molecule is Cc1ccc([N+](=O)[O-])cc1SN(C)/N=C/c1cnc2ccc(-c3ccc(F)nc3)cn12. The van der Waals surface area contributed by atoms with Crippen molar-refractivity contribution >= 4 is 29.5 Å². The first-order valence-corrected chi connectivity index (χ1v) is 9.98. The Morgan fingerprint density at radius 3 is 2.71 bits per heavy atom. The van der Waals surface area contributed by atoms with Crippen molar-refractivity contribution in [1.29, 1.82) is 0 Å². The highest BCUT2D eigenvalue weighted by Crippen LogP contribution is 2.29. The van der Waals surface area contributed by atoms with Crippen molar-refractivity contribution < 1.29 is 9.31 Å². The predicted molar refractivity (Wildman–Crippen MR) is 117 cm³/mol. The summed E-state index contributed by atoms with van der Waals surface area (Å²) in [5.41, 5.74) is 4.09. The summed E-state index contributed by atoms with van der Waals surface area (Å²) in [5, 5.41) is 15.4. The fourth-order valence-corrected chi connectivity index (χ4v) is 3.68. The van der Waals surface area contributed by atoms with E-state index in [1.807, 2.05) is 29.7 Å². The summed E-state index contributed by atoms with van der Waals surface area (Å²) in [6.07, 6.45) is 6.72. The van der Waals surface area contributed by atoms with Crippen molar-refractivity contribution in [3.63, 3.8) is 0 Å². The maximum atomic E-state index is 13.1. The van der Waals surface area contributed by atoms with Gasteiger partial charge in [0.15, 0.2) is 0 Å². The molecule has 4 rings (SSSR count). The number of pyridine rings is 2. The number of non-ortho nitro benzene ring substituents is 1. The van der Waals surface area contributed by atoms with Gasteiger partial charge in [-0.25, -0.2) is 14.4 Å².